The molecular weight excluding hydrogens is 292 g/mol. The van der Waals surface area contributed by atoms with E-state index in [4.69, 9.17) is 0 Å². The summed E-state index contributed by atoms with van der Waals surface area (Å²) in [5, 5.41) is 2.74. The number of amides is 1. The van der Waals surface area contributed by atoms with E-state index in [9.17, 15) is 9.59 Å². The van der Waals surface area contributed by atoms with Gasteiger partial charge in [0.2, 0.25) is 0 Å². The molecule has 0 unspecified atom stereocenters. The predicted octanol–water partition coefficient (Wildman–Crippen LogP) is 1.37. The van der Waals surface area contributed by atoms with Gasteiger partial charge in [-0.05, 0) is 42.7 Å². The van der Waals surface area contributed by atoms with Crippen molar-refractivity contribution in [1.82, 2.24) is 19.7 Å². The van der Waals surface area contributed by atoms with E-state index < -0.39 is 5.91 Å². The Balaban J connectivity index is 1.75. The number of hydrogen-bond donors (Lipinski definition) is 1. The number of aromatic nitrogens is 3. The zero-order chi connectivity index (χ0) is 16.2. The Kier molecular flexibility index (Phi) is 4.14. The van der Waals surface area contributed by atoms with Gasteiger partial charge in [-0.1, -0.05) is 6.07 Å². The first-order valence-electron chi connectivity index (χ1n) is 7.30. The molecule has 3 aromatic heterocycles. The standard InChI is InChI=1S/C17H16N4O2/c1-12-5-8-21-15(9-12)20-11-14(17(21)23)16(22)19-7-4-13-3-2-6-18-10-13/h2-3,5-6,8-11H,4,7H2,1H3,(H,19,22). The molecule has 3 aromatic rings. The first-order valence-corrected chi connectivity index (χ1v) is 7.30. The lowest BCUT2D eigenvalue weighted by Crippen LogP contribution is -2.32. The molecule has 0 spiro atoms. The van der Waals surface area contributed by atoms with E-state index in [0.29, 0.717) is 18.6 Å². The van der Waals surface area contributed by atoms with E-state index in [0.717, 1.165) is 11.1 Å². The number of rotatable bonds is 4. The maximum atomic E-state index is 12.4. The summed E-state index contributed by atoms with van der Waals surface area (Å²) < 4.78 is 1.38. The second-order valence-electron chi connectivity index (χ2n) is 5.28. The molecule has 0 atom stereocenters. The van der Waals surface area contributed by atoms with Crippen molar-refractivity contribution in [3.05, 3.63) is 76.1 Å². The molecule has 0 aliphatic heterocycles. The van der Waals surface area contributed by atoms with Gasteiger partial charge in [0, 0.05) is 31.3 Å². The van der Waals surface area contributed by atoms with Crippen molar-refractivity contribution in [2.24, 2.45) is 0 Å². The molecular formula is C17H16N4O2. The van der Waals surface area contributed by atoms with Crippen molar-refractivity contribution in [2.45, 2.75) is 13.3 Å². The van der Waals surface area contributed by atoms with Gasteiger partial charge in [0.05, 0.1) is 0 Å². The van der Waals surface area contributed by atoms with Crippen molar-refractivity contribution < 1.29 is 4.79 Å². The summed E-state index contributed by atoms with van der Waals surface area (Å²) in [6.45, 7) is 2.35. The van der Waals surface area contributed by atoms with Crippen LogP contribution in [0.5, 0.6) is 0 Å². The molecule has 3 heterocycles. The molecule has 0 saturated carbocycles. The van der Waals surface area contributed by atoms with Gasteiger partial charge >= 0.3 is 0 Å². The van der Waals surface area contributed by atoms with E-state index in [-0.39, 0.29) is 11.1 Å². The first kappa shape index (κ1) is 14.9. The number of carbonyl (C=O) groups is 1. The van der Waals surface area contributed by atoms with E-state index >= 15 is 0 Å². The van der Waals surface area contributed by atoms with Crippen LogP contribution in [-0.4, -0.2) is 26.8 Å². The minimum absolute atomic E-state index is 0.0394. The molecule has 0 aromatic carbocycles. The molecule has 0 aliphatic rings. The van der Waals surface area contributed by atoms with Crippen LogP contribution in [-0.2, 0) is 6.42 Å². The highest BCUT2D eigenvalue weighted by Crippen LogP contribution is 2.02. The highest BCUT2D eigenvalue weighted by atomic mass is 16.2. The Labute approximate surface area is 132 Å². The largest absolute Gasteiger partial charge is 0.351 e. The second-order valence-corrected chi connectivity index (χ2v) is 5.28. The van der Waals surface area contributed by atoms with Crippen LogP contribution in [0.4, 0.5) is 0 Å². The van der Waals surface area contributed by atoms with Gasteiger partial charge in [0.1, 0.15) is 11.2 Å². The number of carbonyl (C=O) groups excluding carboxylic acids is 1. The summed E-state index contributed by atoms with van der Waals surface area (Å²) >= 11 is 0. The van der Waals surface area contributed by atoms with Crippen LogP contribution in [0, 0.1) is 6.92 Å². The quantitative estimate of drug-likeness (QED) is 0.790. The van der Waals surface area contributed by atoms with E-state index in [1.165, 1.54) is 10.6 Å². The maximum Gasteiger partial charge on any atom is 0.270 e. The molecule has 6 nitrogen and oxygen atoms in total. The number of hydrogen-bond acceptors (Lipinski definition) is 4. The first-order chi connectivity index (χ1) is 11.1. The van der Waals surface area contributed by atoms with Crippen molar-refractivity contribution in [3.8, 4) is 0 Å². The molecule has 0 saturated heterocycles. The lowest BCUT2D eigenvalue weighted by atomic mass is 10.2. The summed E-state index contributed by atoms with van der Waals surface area (Å²) in [6.07, 6.45) is 7.07. The Morgan fingerprint density at radius 2 is 2.17 bits per heavy atom. The molecule has 0 aliphatic carbocycles. The maximum absolute atomic E-state index is 12.4. The van der Waals surface area contributed by atoms with Gasteiger partial charge in [-0.3, -0.25) is 19.0 Å². The smallest absolute Gasteiger partial charge is 0.270 e. The van der Waals surface area contributed by atoms with Crippen LogP contribution < -0.4 is 10.9 Å². The zero-order valence-electron chi connectivity index (χ0n) is 12.7. The number of aryl methyl sites for hydroxylation is 1. The van der Waals surface area contributed by atoms with E-state index in [1.54, 1.807) is 30.7 Å². The monoisotopic (exact) mass is 308 g/mol. The van der Waals surface area contributed by atoms with Gasteiger partial charge in [-0.15, -0.1) is 0 Å². The van der Waals surface area contributed by atoms with E-state index in [2.05, 4.69) is 15.3 Å². The SMILES string of the molecule is Cc1ccn2c(=O)c(C(=O)NCCc3cccnc3)cnc2c1. The number of pyridine rings is 2. The molecule has 0 radical (unpaired) electrons. The minimum Gasteiger partial charge on any atom is -0.351 e. The Morgan fingerprint density at radius 1 is 1.30 bits per heavy atom. The minimum atomic E-state index is -0.415. The number of nitrogens with one attached hydrogen (secondary N) is 1. The third kappa shape index (κ3) is 3.26. The van der Waals surface area contributed by atoms with Crippen LogP contribution in [0.15, 0.2) is 53.8 Å². The van der Waals surface area contributed by atoms with Crippen molar-refractivity contribution in [2.75, 3.05) is 6.54 Å². The fourth-order valence-corrected chi connectivity index (χ4v) is 2.29. The molecule has 23 heavy (non-hydrogen) atoms. The molecule has 6 heteroatoms. The number of fused-ring (bicyclic) bond motifs is 1. The molecule has 0 fully saturated rings. The molecule has 0 bridgehead atoms. The van der Waals surface area contributed by atoms with Crippen molar-refractivity contribution in [3.63, 3.8) is 0 Å². The molecule has 116 valence electrons. The number of nitrogens with zero attached hydrogens (tertiary/aromatic N) is 3. The van der Waals surface area contributed by atoms with Crippen LogP contribution in [0.25, 0.3) is 5.65 Å². The van der Waals surface area contributed by atoms with Gasteiger partial charge in [-0.2, -0.15) is 0 Å². The zero-order valence-corrected chi connectivity index (χ0v) is 12.7. The van der Waals surface area contributed by atoms with Gasteiger partial charge in [0.25, 0.3) is 11.5 Å². The van der Waals surface area contributed by atoms with Crippen LogP contribution in [0.2, 0.25) is 0 Å². The highest BCUT2D eigenvalue weighted by Gasteiger charge is 2.12. The summed E-state index contributed by atoms with van der Waals surface area (Å²) in [5.41, 5.74) is 2.23. The summed E-state index contributed by atoms with van der Waals surface area (Å²) in [7, 11) is 0. The fraction of sp³-hybridized carbons (Fsp3) is 0.176. The second kappa shape index (κ2) is 6.39. The summed E-state index contributed by atoms with van der Waals surface area (Å²) in [6, 6.07) is 7.39. The summed E-state index contributed by atoms with van der Waals surface area (Å²) in [4.78, 5) is 32.8. The molecule has 1 amide bonds. The Bertz CT molecular complexity index is 903. The van der Waals surface area contributed by atoms with E-state index in [1.807, 2.05) is 19.1 Å². The third-order valence-corrected chi connectivity index (χ3v) is 3.53. The topological polar surface area (TPSA) is 76.4 Å². The Morgan fingerprint density at radius 3 is 2.96 bits per heavy atom. The normalized spacial score (nSPS) is 10.7. The van der Waals surface area contributed by atoms with Crippen LogP contribution >= 0.6 is 0 Å². The van der Waals surface area contributed by atoms with Crippen LogP contribution in [0.3, 0.4) is 0 Å². The molecule has 1 N–H and O–H groups in total. The third-order valence-electron chi connectivity index (χ3n) is 3.53. The van der Waals surface area contributed by atoms with Crippen molar-refractivity contribution in [1.29, 1.82) is 0 Å². The average Bonchev–Trinajstić information content (AvgIpc) is 2.56. The lowest BCUT2D eigenvalue weighted by Gasteiger charge is -2.06. The average molecular weight is 308 g/mol. The lowest BCUT2D eigenvalue weighted by molar-refractivity contribution is 0.0952. The Hall–Kier alpha value is -3.02. The molecule has 3 rings (SSSR count). The van der Waals surface area contributed by atoms with Gasteiger partial charge < -0.3 is 5.32 Å². The van der Waals surface area contributed by atoms with Gasteiger partial charge in [-0.25, -0.2) is 4.98 Å². The van der Waals surface area contributed by atoms with Gasteiger partial charge in [0.15, 0.2) is 0 Å². The van der Waals surface area contributed by atoms with Crippen LogP contribution in [0.1, 0.15) is 21.5 Å². The fourth-order valence-electron chi connectivity index (χ4n) is 2.29. The highest BCUT2D eigenvalue weighted by molar-refractivity contribution is 5.93. The van der Waals surface area contributed by atoms with Crippen molar-refractivity contribution >= 4 is 11.6 Å². The predicted molar refractivity (Wildman–Crippen MR) is 86.5 cm³/mol. The summed E-state index contributed by atoms with van der Waals surface area (Å²) in [5.74, 6) is -0.415.